The summed E-state index contributed by atoms with van der Waals surface area (Å²) in [5.74, 6) is -1.02. The van der Waals surface area contributed by atoms with Gasteiger partial charge in [-0.15, -0.1) is 0 Å². The summed E-state index contributed by atoms with van der Waals surface area (Å²) in [4.78, 5) is 0. The summed E-state index contributed by atoms with van der Waals surface area (Å²) in [6, 6.07) is 2.96. The number of aliphatic hydroxyl groups excluding tert-OH is 1. The van der Waals surface area contributed by atoms with Crippen LogP contribution in [0.15, 0.2) is 12.1 Å². The average Bonchev–Trinajstić information content (AvgIpc) is 2.28. The van der Waals surface area contributed by atoms with Gasteiger partial charge in [0.05, 0.1) is 7.85 Å². The van der Waals surface area contributed by atoms with Gasteiger partial charge in [0.1, 0.15) is 5.82 Å². The Labute approximate surface area is 96.0 Å². The van der Waals surface area contributed by atoms with Crippen molar-refractivity contribution in [3.8, 4) is 0 Å². The Morgan fingerprint density at radius 3 is 2.69 bits per heavy atom. The van der Waals surface area contributed by atoms with Crippen LogP contribution in [-0.4, -0.2) is 26.1 Å². The van der Waals surface area contributed by atoms with E-state index in [9.17, 15) is 4.39 Å². The molecule has 0 aliphatic heterocycles. The third-order valence-electron chi connectivity index (χ3n) is 2.55. The van der Waals surface area contributed by atoms with Crippen LogP contribution in [0.3, 0.4) is 0 Å². The molecule has 0 aliphatic rings. The molecule has 1 unspecified atom stereocenters. The van der Waals surface area contributed by atoms with Gasteiger partial charge >= 0.3 is 0 Å². The molecule has 2 radical (unpaired) electrons. The highest BCUT2D eigenvalue weighted by molar-refractivity contribution is 6.13. The van der Waals surface area contributed by atoms with Crippen molar-refractivity contribution in [2.75, 3.05) is 18.9 Å². The highest BCUT2D eigenvalue weighted by Gasteiger charge is 2.15. The number of rotatable bonds is 5. The summed E-state index contributed by atoms with van der Waals surface area (Å²) < 4.78 is 13.5. The molecule has 1 rings (SSSR count). The topological polar surface area (TPSA) is 72.3 Å². The second kappa shape index (κ2) is 5.87. The number of hydrogen-bond acceptors (Lipinski definition) is 3. The molecule has 0 saturated carbocycles. The Morgan fingerprint density at radius 1 is 1.44 bits per heavy atom. The van der Waals surface area contributed by atoms with Crippen molar-refractivity contribution in [3.63, 3.8) is 0 Å². The minimum Gasteiger partial charge on any atom is -0.398 e. The fraction of sp³-hybridized carbons (Fsp3) is 0.455. The predicted molar refractivity (Wildman–Crippen MR) is 63.8 cm³/mol. The van der Waals surface area contributed by atoms with Crippen LogP contribution in [0.4, 0.5) is 10.1 Å². The van der Waals surface area contributed by atoms with Crippen molar-refractivity contribution in [2.45, 2.75) is 18.7 Å². The van der Waals surface area contributed by atoms with E-state index in [-0.39, 0.29) is 18.7 Å². The molecule has 5 N–H and O–H groups in total. The maximum Gasteiger partial charge on any atom is 0.128 e. The zero-order chi connectivity index (χ0) is 12.1. The van der Waals surface area contributed by atoms with E-state index in [1.807, 2.05) is 0 Å². The Bertz CT molecular complexity index is 360. The van der Waals surface area contributed by atoms with Crippen molar-refractivity contribution >= 4 is 13.5 Å². The lowest BCUT2D eigenvalue weighted by atomic mass is 9.79. The third kappa shape index (κ3) is 2.74. The molecular weight excluding hydrogens is 206 g/mol. The average molecular weight is 222 g/mol. The smallest absolute Gasteiger partial charge is 0.128 e. The summed E-state index contributed by atoms with van der Waals surface area (Å²) in [7, 11) is 5.70. The van der Waals surface area contributed by atoms with E-state index in [4.69, 9.17) is 24.4 Å². The van der Waals surface area contributed by atoms with E-state index in [2.05, 4.69) is 0 Å². The van der Waals surface area contributed by atoms with E-state index < -0.39 is 11.6 Å². The third-order valence-corrected chi connectivity index (χ3v) is 2.55. The second-order valence-electron chi connectivity index (χ2n) is 3.70. The summed E-state index contributed by atoms with van der Waals surface area (Å²) in [6.45, 7) is 0.222. The van der Waals surface area contributed by atoms with Crippen LogP contribution < -0.4 is 11.5 Å². The van der Waals surface area contributed by atoms with Gasteiger partial charge in [-0.2, -0.15) is 0 Å². The quantitative estimate of drug-likeness (QED) is 0.501. The largest absolute Gasteiger partial charge is 0.398 e. The molecule has 0 amide bonds. The number of nitrogen functional groups attached to an aromatic ring is 1. The lowest BCUT2D eigenvalue weighted by Gasteiger charge is -2.16. The molecule has 3 nitrogen and oxygen atoms in total. The maximum atomic E-state index is 13.5. The van der Waals surface area contributed by atoms with E-state index in [1.165, 1.54) is 6.07 Å². The molecule has 0 fully saturated rings. The summed E-state index contributed by atoms with van der Waals surface area (Å²) in [5.41, 5.74) is 12.7. The van der Waals surface area contributed by atoms with Crippen molar-refractivity contribution in [1.82, 2.24) is 0 Å². The van der Waals surface area contributed by atoms with Gasteiger partial charge in [-0.05, 0) is 36.8 Å². The molecular formula is C11H16BFN2O. The monoisotopic (exact) mass is 222 g/mol. The normalized spacial score (nSPS) is 12.7. The first kappa shape index (κ1) is 13.0. The molecule has 5 heteroatoms. The molecule has 86 valence electrons. The van der Waals surface area contributed by atoms with Gasteiger partial charge in [-0.1, -0.05) is 6.07 Å². The zero-order valence-corrected chi connectivity index (χ0v) is 9.12. The van der Waals surface area contributed by atoms with Gasteiger partial charge in [0.25, 0.3) is 0 Å². The first-order valence-electron chi connectivity index (χ1n) is 5.25. The minimum atomic E-state index is -0.589. The minimum absolute atomic E-state index is 0.0785. The van der Waals surface area contributed by atoms with Crippen LogP contribution in [-0.2, 0) is 6.42 Å². The molecule has 0 heterocycles. The van der Waals surface area contributed by atoms with Crippen molar-refractivity contribution in [3.05, 3.63) is 29.1 Å². The van der Waals surface area contributed by atoms with Crippen LogP contribution in [0.25, 0.3) is 0 Å². The van der Waals surface area contributed by atoms with Gasteiger partial charge in [0, 0.05) is 17.9 Å². The highest BCUT2D eigenvalue weighted by atomic mass is 19.1. The van der Waals surface area contributed by atoms with Crippen molar-refractivity contribution in [2.24, 2.45) is 5.73 Å². The van der Waals surface area contributed by atoms with Crippen LogP contribution in [0, 0.1) is 5.82 Å². The van der Waals surface area contributed by atoms with E-state index in [1.54, 1.807) is 6.07 Å². The number of hydrogen-bond donors (Lipinski definition) is 3. The second-order valence-corrected chi connectivity index (χ2v) is 3.70. The number of benzene rings is 1. The summed E-state index contributed by atoms with van der Waals surface area (Å²) in [5, 5.41) is 8.74. The summed E-state index contributed by atoms with van der Waals surface area (Å²) in [6.07, 6.45) is 1.19. The van der Waals surface area contributed by atoms with Crippen LogP contribution >= 0.6 is 0 Å². The van der Waals surface area contributed by atoms with Crippen molar-refractivity contribution < 1.29 is 9.50 Å². The molecule has 0 bridgehead atoms. The predicted octanol–water partition coefficient (Wildman–Crippen LogP) is 0.501. The number of aliphatic hydroxyl groups is 1. The number of nitrogens with two attached hydrogens (primary N) is 2. The Balaban J connectivity index is 3.06. The van der Waals surface area contributed by atoms with E-state index in [0.717, 1.165) is 5.56 Å². The number of halogens is 1. The zero-order valence-electron chi connectivity index (χ0n) is 9.12. The van der Waals surface area contributed by atoms with Gasteiger partial charge < -0.3 is 16.6 Å². The van der Waals surface area contributed by atoms with Crippen molar-refractivity contribution in [1.29, 1.82) is 0 Å². The first-order valence-corrected chi connectivity index (χ1v) is 5.25. The van der Waals surface area contributed by atoms with Gasteiger partial charge in [-0.3, -0.25) is 0 Å². The fourth-order valence-corrected chi connectivity index (χ4v) is 1.64. The molecule has 0 aromatic heterocycles. The number of anilines is 1. The van der Waals surface area contributed by atoms with E-state index in [0.29, 0.717) is 18.5 Å². The Kier molecular flexibility index (Phi) is 4.77. The lowest BCUT2D eigenvalue weighted by Crippen LogP contribution is -2.16. The van der Waals surface area contributed by atoms with E-state index >= 15 is 0 Å². The van der Waals surface area contributed by atoms with Crippen LogP contribution in [0.5, 0.6) is 0 Å². The van der Waals surface area contributed by atoms with Crippen LogP contribution in [0.2, 0.25) is 0 Å². The first-order chi connectivity index (χ1) is 7.61. The number of aryl methyl sites for hydroxylation is 1. The summed E-state index contributed by atoms with van der Waals surface area (Å²) >= 11 is 0. The van der Waals surface area contributed by atoms with Crippen LogP contribution in [0.1, 0.15) is 23.4 Å². The molecule has 0 spiro atoms. The molecule has 1 aromatic carbocycles. The molecule has 16 heavy (non-hydrogen) atoms. The Hall–Kier alpha value is -1.07. The molecule has 1 aromatic rings. The molecule has 0 aliphatic carbocycles. The molecule has 0 saturated heterocycles. The van der Waals surface area contributed by atoms with Gasteiger partial charge in [-0.25, -0.2) is 4.39 Å². The van der Waals surface area contributed by atoms with Gasteiger partial charge in [0.2, 0.25) is 0 Å². The fourth-order valence-electron chi connectivity index (χ4n) is 1.64. The highest BCUT2D eigenvalue weighted by Crippen LogP contribution is 2.27. The Morgan fingerprint density at radius 2 is 2.12 bits per heavy atom. The SMILES string of the molecule is [B]C(CN)c1c(F)ccc(CCCO)c1N. The molecule has 1 atom stereocenters. The lowest BCUT2D eigenvalue weighted by molar-refractivity contribution is 0.288. The van der Waals surface area contributed by atoms with Gasteiger partial charge in [0.15, 0.2) is 0 Å². The standard InChI is InChI=1S/C11H16BFN2O/c12-8(6-14)10-9(13)4-3-7(11(10)15)2-1-5-16/h3-4,8,16H,1-2,5-6,14-15H2. The maximum absolute atomic E-state index is 13.5.